The minimum absolute atomic E-state index is 0.138. The lowest BCUT2D eigenvalue weighted by atomic mass is 9.96. The Bertz CT molecular complexity index is 1390. The van der Waals surface area contributed by atoms with Gasteiger partial charge in [0, 0.05) is 19.4 Å². The fourth-order valence-corrected chi connectivity index (χ4v) is 6.33. The van der Waals surface area contributed by atoms with Crippen LogP contribution < -0.4 is 43.8 Å². The predicted molar refractivity (Wildman–Crippen MR) is 206 cm³/mol. The van der Waals surface area contributed by atoms with E-state index in [2.05, 4.69) is 26.6 Å². The number of thioether (sulfide) groups is 1. The van der Waals surface area contributed by atoms with Gasteiger partial charge in [0.1, 0.15) is 36.3 Å². The number of hydrogen-bond acceptors (Lipinski definition) is 12. The van der Waals surface area contributed by atoms with E-state index in [1.807, 2.05) is 0 Å². The van der Waals surface area contributed by atoms with E-state index in [1.165, 1.54) is 23.6 Å². The molecule has 0 bridgehead atoms. The van der Waals surface area contributed by atoms with Gasteiger partial charge in [0.15, 0.2) is 0 Å². The molecule has 1 rings (SSSR count). The van der Waals surface area contributed by atoms with Gasteiger partial charge in [-0.05, 0) is 82.8 Å². The summed E-state index contributed by atoms with van der Waals surface area (Å²) in [6.45, 7) is 5.39. The molecule has 0 spiro atoms. The van der Waals surface area contributed by atoms with Gasteiger partial charge in [-0.15, -0.1) is 0 Å². The van der Waals surface area contributed by atoms with Gasteiger partial charge in [0.05, 0.1) is 6.04 Å². The molecule has 8 atom stereocenters. The summed E-state index contributed by atoms with van der Waals surface area (Å²) in [5, 5.41) is 31.2. The van der Waals surface area contributed by atoms with E-state index in [0.29, 0.717) is 38.0 Å². The Hall–Kier alpha value is -4.50. The molecule has 0 aromatic carbocycles. The number of hydrogen-bond donors (Lipinski definition) is 10. The molecule has 0 aromatic rings. The summed E-state index contributed by atoms with van der Waals surface area (Å²) in [7, 11) is 0. The van der Waals surface area contributed by atoms with Crippen LogP contribution in [0.2, 0.25) is 0 Å². The molecule has 56 heavy (non-hydrogen) atoms. The van der Waals surface area contributed by atoms with Gasteiger partial charge in [-0.25, -0.2) is 4.79 Å². The zero-order chi connectivity index (χ0) is 42.5. The molecule has 0 saturated carbocycles. The van der Waals surface area contributed by atoms with Crippen LogP contribution in [0.1, 0.15) is 91.4 Å². The van der Waals surface area contributed by atoms with Crippen molar-refractivity contribution in [1.29, 1.82) is 0 Å². The Morgan fingerprint density at radius 1 is 0.786 bits per heavy atom. The minimum Gasteiger partial charge on any atom is -0.481 e. The first-order valence-electron chi connectivity index (χ1n) is 18.9. The molecule has 1 saturated heterocycles. The fourth-order valence-electron chi connectivity index (χ4n) is 5.86. The first-order valence-corrected chi connectivity index (χ1v) is 20.3. The summed E-state index contributed by atoms with van der Waals surface area (Å²) in [5.41, 5.74) is 16.7. The summed E-state index contributed by atoms with van der Waals surface area (Å²) < 4.78 is 0. The van der Waals surface area contributed by atoms with Crippen LogP contribution in [-0.2, 0) is 43.2 Å². The molecule has 1 fully saturated rings. The average Bonchev–Trinajstić information content (AvgIpc) is 3.65. The molecule has 20 nitrogen and oxygen atoms in total. The highest BCUT2D eigenvalue weighted by Gasteiger charge is 2.41. The lowest BCUT2D eigenvalue weighted by Crippen LogP contribution is -2.60. The van der Waals surface area contributed by atoms with E-state index in [0.717, 1.165) is 0 Å². The maximum Gasteiger partial charge on any atom is 0.326 e. The first-order chi connectivity index (χ1) is 26.4. The molecule has 1 aliphatic rings. The lowest BCUT2D eigenvalue weighted by molar-refractivity contribution is -0.143. The fraction of sp³-hybridized carbons (Fsp3) is 0.743. The minimum atomic E-state index is -1.37. The summed E-state index contributed by atoms with van der Waals surface area (Å²) >= 11 is 1.40. The Morgan fingerprint density at radius 2 is 1.41 bits per heavy atom. The molecule has 13 N–H and O–H groups in total. The van der Waals surface area contributed by atoms with Crippen LogP contribution in [0.5, 0.6) is 0 Å². The van der Waals surface area contributed by atoms with Crippen molar-refractivity contribution in [2.24, 2.45) is 23.1 Å². The van der Waals surface area contributed by atoms with Crippen LogP contribution in [0, 0.1) is 5.92 Å². The van der Waals surface area contributed by atoms with Crippen LogP contribution in [0.15, 0.2) is 0 Å². The normalized spacial score (nSPS) is 17.5. The van der Waals surface area contributed by atoms with Crippen molar-refractivity contribution in [3.63, 3.8) is 0 Å². The monoisotopic (exact) mass is 815 g/mol. The summed E-state index contributed by atoms with van der Waals surface area (Å²) in [5.74, 6) is -7.44. The number of amides is 7. The molecule has 7 amide bonds. The molecule has 0 unspecified atom stereocenters. The highest BCUT2D eigenvalue weighted by molar-refractivity contribution is 7.98. The summed E-state index contributed by atoms with van der Waals surface area (Å²) in [6.07, 6.45) is 3.15. The maximum absolute atomic E-state index is 13.8. The topological polar surface area (TPSA) is 336 Å². The van der Waals surface area contributed by atoms with E-state index in [9.17, 15) is 48.3 Å². The Balaban J connectivity index is 3.12. The number of primary amides is 1. The van der Waals surface area contributed by atoms with Crippen molar-refractivity contribution in [1.82, 2.24) is 31.5 Å². The number of carboxylic acids is 2. The van der Waals surface area contributed by atoms with Gasteiger partial charge < -0.3 is 58.9 Å². The number of carbonyl (C=O) groups is 9. The van der Waals surface area contributed by atoms with Crippen LogP contribution in [0.4, 0.5) is 0 Å². The standard InChI is InChI=1S/C35H61N9O11S/c1-5-19(2)28(43-30(49)21(37)11-14-27(46)47)34(53)44-17-8-10-25(44)33(52)41-22(12-13-26(38)45)31(50)39-20(3)29(48)40-23(15-18-56-4)32(51)42-24(35(54)55)9-6-7-16-36/h19-25,28H,5-18,36-37H2,1-4H3,(H2,38,45)(H,39,50)(H,40,48)(H,41,52)(H,42,51)(H,43,49)(H,46,47)(H,54,55)/t19-,20-,21-,22-,23-,24-,25-,28-/m0/s1. The molecular weight excluding hydrogens is 755 g/mol. The van der Waals surface area contributed by atoms with Crippen LogP contribution in [0.25, 0.3) is 0 Å². The first kappa shape index (κ1) is 49.5. The third-order valence-corrected chi connectivity index (χ3v) is 10.1. The van der Waals surface area contributed by atoms with Gasteiger partial charge in [0.25, 0.3) is 0 Å². The molecule has 318 valence electrons. The van der Waals surface area contributed by atoms with Gasteiger partial charge >= 0.3 is 11.9 Å². The highest BCUT2D eigenvalue weighted by Crippen LogP contribution is 2.22. The Labute approximate surface area is 331 Å². The molecule has 1 aliphatic heterocycles. The number of nitrogens with one attached hydrogen (secondary N) is 5. The average molecular weight is 816 g/mol. The second-order valence-corrected chi connectivity index (χ2v) is 14.9. The Morgan fingerprint density at radius 3 is 1.98 bits per heavy atom. The van der Waals surface area contributed by atoms with E-state index in [1.54, 1.807) is 20.1 Å². The number of carboxylic acid groups (broad SMARTS) is 2. The number of carbonyl (C=O) groups excluding carboxylic acids is 7. The zero-order valence-corrected chi connectivity index (χ0v) is 33.5. The van der Waals surface area contributed by atoms with E-state index in [-0.39, 0.29) is 51.5 Å². The third-order valence-electron chi connectivity index (χ3n) is 9.49. The number of likely N-dealkylation sites (tertiary alicyclic amines) is 1. The second kappa shape index (κ2) is 25.6. The number of rotatable bonds is 27. The van der Waals surface area contributed by atoms with E-state index in [4.69, 9.17) is 22.3 Å². The SMILES string of the molecule is CC[C@H](C)[C@H](NC(=O)[C@@H](N)CCC(=O)O)C(=O)N1CCC[C@H]1C(=O)N[C@@H](CCC(N)=O)C(=O)N[C@@H](C)C(=O)N[C@@H](CCSC)C(=O)N[C@@H](CCCCN)C(=O)O. The number of nitrogens with zero attached hydrogens (tertiary/aromatic N) is 1. The number of unbranched alkanes of at least 4 members (excludes halogenated alkanes) is 1. The molecule has 0 radical (unpaired) electrons. The van der Waals surface area contributed by atoms with Gasteiger partial charge in [-0.3, -0.25) is 38.4 Å². The largest absolute Gasteiger partial charge is 0.481 e. The van der Waals surface area contributed by atoms with Gasteiger partial charge in [-0.2, -0.15) is 11.8 Å². The maximum atomic E-state index is 13.8. The summed E-state index contributed by atoms with van der Waals surface area (Å²) in [6, 6.07) is -8.29. The molecule has 0 aromatic heterocycles. The smallest absolute Gasteiger partial charge is 0.326 e. The molecule has 1 heterocycles. The van der Waals surface area contributed by atoms with E-state index >= 15 is 0 Å². The zero-order valence-electron chi connectivity index (χ0n) is 32.7. The third kappa shape index (κ3) is 17.1. The Kier molecular flexibility index (Phi) is 22.7. The number of nitrogens with two attached hydrogens (primary N) is 3. The molecular formula is C35H61N9O11S. The second-order valence-electron chi connectivity index (χ2n) is 13.9. The number of aliphatic carboxylic acids is 2. The van der Waals surface area contributed by atoms with Crippen LogP contribution in [0.3, 0.4) is 0 Å². The predicted octanol–water partition coefficient (Wildman–Crippen LogP) is -2.11. The van der Waals surface area contributed by atoms with Crippen LogP contribution >= 0.6 is 11.8 Å². The molecule has 0 aliphatic carbocycles. The highest BCUT2D eigenvalue weighted by atomic mass is 32.2. The van der Waals surface area contributed by atoms with E-state index < -0.39 is 101 Å². The quantitative estimate of drug-likeness (QED) is 0.0397. The van der Waals surface area contributed by atoms with Crippen molar-refractivity contribution < 1.29 is 53.4 Å². The van der Waals surface area contributed by atoms with Crippen molar-refractivity contribution >= 4 is 65.1 Å². The van der Waals surface area contributed by atoms with Crippen LogP contribution in [-0.4, -0.2) is 136 Å². The van der Waals surface area contributed by atoms with Crippen molar-refractivity contribution in [2.45, 2.75) is 134 Å². The molecule has 21 heteroatoms. The van der Waals surface area contributed by atoms with Crippen molar-refractivity contribution in [2.75, 3.05) is 25.1 Å². The summed E-state index contributed by atoms with van der Waals surface area (Å²) in [4.78, 5) is 116. The van der Waals surface area contributed by atoms with Crippen molar-refractivity contribution in [3.8, 4) is 0 Å². The van der Waals surface area contributed by atoms with Gasteiger partial charge in [-0.1, -0.05) is 20.3 Å². The van der Waals surface area contributed by atoms with Crippen molar-refractivity contribution in [3.05, 3.63) is 0 Å². The lowest BCUT2D eigenvalue weighted by Gasteiger charge is -2.32. The van der Waals surface area contributed by atoms with Gasteiger partial charge in [0.2, 0.25) is 41.4 Å².